The highest BCUT2D eigenvalue weighted by Gasteiger charge is 2.20. The van der Waals surface area contributed by atoms with Crippen LogP contribution in [0.4, 0.5) is 8.78 Å². The number of benzene rings is 2. The number of esters is 1. The summed E-state index contributed by atoms with van der Waals surface area (Å²) in [6, 6.07) is 10.00. The van der Waals surface area contributed by atoms with Crippen molar-refractivity contribution in [3.8, 4) is 0 Å². The van der Waals surface area contributed by atoms with E-state index in [2.05, 4.69) is 26.0 Å². The van der Waals surface area contributed by atoms with Crippen LogP contribution in [0.15, 0.2) is 46.9 Å². The highest BCUT2D eigenvalue weighted by atomic mass is 79.9. The molecule has 0 fully saturated rings. The molecule has 4 nitrogen and oxygen atoms in total. The Morgan fingerprint density at radius 2 is 1.75 bits per heavy atom. The standard InChI is InChI=1S/C17H14BrF2NO3/c1-10(11-5-2-3-6-12(11)18)21-15(22)9-24-17(23)16-13(19)7-4-8-14(16)20/h2-8,10H,9H2,1H3,(H,21,22)/t10-/m0/s1. The molecule has 0 bridgehead atoms. The van der Waals surface area contributed by atoms with Crippen LogP contribution in [0.1, 0.15) is 28.9 Å². The number of hydrogen-bond acceptors (Lipinski definition) is 3. The Hall–Kier alpha value is -2.28. The van der Waals surface area contributed by atoms with Crippen LogP contribution >= 0.6 is 15.9 Å². The Morgan fingerprint density at radius 1 is 1.12 bits per heavy atom. The van der Waals surface area contributed by atoms with Gasteiger partial charge in [-0.2, -0.15) is 0 Å². The van der Waals surface area contributed by atoms with Crippen molar-refractivity contribution in [1.82, 2.24) is 5.32 Å². The number of rotatable bonds is 5. The number of halogens is 3. The second-order valence-corrected chi connectivity index (χ2v) is 5.84. The van der Waals surface area contributed by atoms with Crippen molar-refractivity contribution in [2.24, 2.45) is 0 Å². The lowest BCUT2D eigenvalue weighted by molar-refractivity contribution is -0.124. The van der Waals surface area contributed by atoms with E-state index in [1.54, 1.807) is 6.92 Å². The Labute approximate surface area is 145 Å². The van der Waals surface area contributed by atoms with E-state index >= 15 is 0 Å². The Kier molecular flexibility index (Phi) is 6.03. The van der Waals surface area contributed by atoms with Gasteiger partial charge in [0, 0.05) is 4.47 Å². The van der Waals surface area contributed by atoms with E-state index in [4.69, 9.17) is 0 Å². The van der Waals surface area contributed by atoms with Crippen LogP contribution < -0.4 is 5.32 Å². The molecule has 0 heterocycles. The maximum absolute atomic E-state index is 13.5. The lowest BCUT2D eigenvalue weighted by Gasteiger charge is -2.16. The molecule has 0 aromatic heterocycles. The summed E-state index contributed by atoms with van der Waals surface area (Å²) in [6.45, 7) is 1.12. The first-order valence-electron chi connectivity index (χ1n) is 7.05. The summed E-state index contributed by atoms with van der Waals surface area (Å²) in [4.78, 5) is 23.6. The molecule has 1 amide bonds. The molecule has 0 radical (unpaired) electrons. The van der Waals surface area contributed by atoms with E-state index in [-0.39, 0.29) is 6.04 Å². The van der Waals surface area contributed by atoms with Gasteiger partial charge in [-0.25, -0.2) is 13.6 Å². The van der Waals surface area contributed by atoms with E-state index in [0.29, 0.717) is 0 Å². The summed E-state index contributed by atoms with van der Waals surface area (Å²) in [5, 5.41) is 2.64. The van der Waals surface area contributed by atoms with E-state index in [1.807, 2.05) is 24.3 Å². The third kappa shape index (κ3) is 4.38. The maximum Gasteiger partial charge on any atom is 0.344 e. The lowest BCUT2D eigenvalue weighted by atomic mass is 10.1. The van der Waals surface area contributed by atoms with Gasteiger partial charge in [-0.1, -0.05) is 40.2 Å². The van der Waals surface area contributed by atoms with Gasteiger partial charge >= 0.3 is 5.97 Å². The lowest BCUT2D eigenvalue weighted by Crippen LogP contribution is -2.31. The first-order valence-corrected chi connectivity index (χ1v) is 7.84. The van der Waals surface area contributed by atoms with Gasteiger partial charge in [0.05, 0.1) is 6.04 Å². The first-order chi connectivity index (χ1) is 11.4. The fourth-order valence-electron chi connectivity index (χ4n) is 2.08. The Bertz CT molecular complexity index is 747. The van der Waals surface area contributed by atoms with Crippen molar-refractivity contribution in [1.29, 1.82) is 0 Å². The molecular weight excluding hydrogens is 384 g/mol. The molecule has 2 aromatic rings. The molecule has 0 aliphatic rings. The van der Waals surface area contributed by atoms with Crippen molar-refractivity contribution in [2.75, 3.05) is 6.61 Å². The van der Waals surface area contributed by atoms with Crippen molar-refractivity contribution in [3.05, 3.63) is 69.7 Å². The SMILES string of the molecule is C[C@H](NC(=O)COC(=O)c1c(F)cccc1F)c1ccccc1Br. The highest BCUT2D eigenvalue weighted by Crippen LogP contribution is 2.22. The van der Waals surface area contributed by atoms with Crippen molar-refractivity contribution >= 4 is 27.8 Å². The predicted octanol–water partition coefficient (Wildman–Crippen LogP) is 3.76. The molecule has 0 unspecified atom stereocenters. The summed E-state index contributed by atoms with van der Waals surface area (Å²) in [6.07, 6.45) is 0. The maximum atomic E-state index is 13.5. The number of amides is 1. The summed E-state index contributed by atoms with van der Waals surface area (Å²) in [5.41, 5.74) is 0.0291. The van der Waals surface area contributed by atoms with Crippen LogP contribution in [0, 0.1) is 11.6 Å². The fraction of sp³-hybridized carbons (Fsp3) is 0.176. The van der Waals surface area contributed by atoms with Crippen LogP contribution in [-0.2, 0) is 9.53 Å². The van der Waals surface area contributed by atoms with Gasteiger partial charge in [0.1, 0.15) is 17.2 Å². The van der Waals surface area contributed by atoms with E-state index in [1.165, 1.54) is 0 Å². The molecule has 0 saturated heterocycles. The van der Waals surface area contributed by atoms with Gasteiger partial charge in [-0.15, -0.1) is 0 Å². The van der Waals surface area contributed by atoms with Crippen molar-refractivity contribution in [2.45, 2.75) is 13.0 Å². The second-order valence-electron chi connectivity index (χ2n) is 4.98. The molecule has 0 saturated carbocycles. The molecule has 0 aliphatic heterocycles. The first kappa shape index (κ1) is 18.1. The van der Waals surface area contributed by atoms with Crippen molar-refractivity contribution < 1.29 is 23.1 Å². The zero-order chi connectivity index (χ0) is 17.7. The van der Waals surface area contributed by atoms with Crippen LogP contribution in [0.2, 0.25) is 0 Å². The Morgan fingerprint density at radius 3 is 2.38 bits per heavy atom. The summed E-state index contributed by atoms with van der Waals surface area (Å²) < 4.78 is 32.4. The minimum atomic E-state index is -1.23. The van der Waals surface area contributed by atoms with E-state index < -0.39 is 35.7 Å². The molecular formula is C17H14BrF2NO3. The van der Waals surface area contributed by atoms with Gasteiger partial charge in [0.15, 0.2) is 6.61 Å². The molecule has 1 N–H and O–H groups in total. The van der Waals surface area contributed by atoms with Gasteiger partial charge in [0.2, 0.25) is 0 Å². The molecule has 24 heavy (non-hydrogen) atoms. The van der Waals surface area contributed by atoms with Gasteiger partial charge in [-0.3, -0.25) is 4.79 Å². The van der Waals surface area contributed by atoms with Crippen LogP contribution in [-0.4, -0.2) is 18.5 Å². The Balaban J connectivity index is 1.94. The van der Waals surface area contributed by atoms with Crippen LogP contribution in [0.25, 0.3) is 0 Å². The fourth-order valence-corrected chi connectivity index (χ4v) is 2.71. The zero-order valence-electron chi connectivity index (χ0n) is 12.7. The minimum Gasteiger partial charge on any atom is -0.452 e. The van der Waals surface area contributed by atoms with Crippen LogP contribution in [0.3, 0.4) is 0 Å². The molecule has 1 atom stereocenters. The van der Waals surface area contributed by atoms with E-state index in [0.717, 1.165) is 28.2 Å². The smallest absolute Gasteiger partial charge is 0.344 e. The highest BCUT2D eigenvalue weighted by molar-refractivity contribution is 9.10. The normalized spacial score (nSPS) is 11.7. The van der Waals surface area contributed by atoms with E-state index in [9.17, 15) is 18.4 Å². The van der Waals surface area contributed by atoms with Crippen molar-refractivity contribution in [3.63, 3.8) is 0 Å². The average molecular weight is 398 g/mol. The third-order valence-electron chi connectivity index (χ3n) is 3.25. The molecule has 0 spiro atoms. The largest absolute Gasteiger partial charge is 0.452 e. The predicted molar refractivity (Wildman–Crippen MR) is 87.3 cm³/mol. The number of carbonyl (C=O) groups is 2. The van der Waals surface area contributed by atoms with Crippen LogP contribution in [0.5, 0.6) is 0 Å². The number of nitrogens with one attached hydrogen (secondary N) is 1. The molecule has 126 valence electrons. The third-order valence-corrected chi connectivity index (χ3v) is 3.97. The second kappa shape index (κ2) is 8.01. The average Bonchev–Trinajstić information content (AvgIpc) is 2.53. The molecule has 2 rings (SSSR count). The van der Waals surface area contributed by atoms with Gasteiger partial charge in [-0.05, 0) is 30.7 Å². The molecule has 7 heteroatoms. The van der Waals surface area contributed by atoms with Gasteiger partial charge < -0.3 is 10.1 Å². The molecule has 2 aromatic carbocycles. The zero-order valence-corrected chi connectivity index (χ0v) is 14.3. The summed E-state index contributed by atoms with van der Waals surface area (Å²) >= 11 is 3.38. The number of carbonyl (C=O) groups excluding carboxylic acids is 2. The minimum absolute atomic E-state index is 0.336. The monoisotopic (exact) mass is 397 g/mol. The number of hydrogen-bond donors (Lipinski definition) is 1. The number of ether oxygens (including phenoxy) is 1. The summed E-state index contributed by atoms with van der Waals surface area (Å²) in [5.74, 6) is -3.89. The van der Waals surface area contributed by atoms with Gasteiger partial charge in [0.25, 0.3) is 5.91 Å². The summed E-state index contributed by atoms with van der Waals surface area (Å²) in [7, 11) is 0. The quantitative estimate of drug-likeness (QED) is 0.781. The molecule has 0 aliphatic carbocycles. The topological polar surface area (TPSA) is 55.4 Å².